The van der Waals surface area contributed by atoms with Crippen molar-refractivity contribution < 1.29 is 18.7 Å². The molecule has 3 heterocycles. The smallest absolute Gasteiger partial charge is 0.286 e. The van der Waals surface area contributed by atoms with Crippen molar-refractivity contribution in [1.29, 1.82) is 0 Å². The second-order valence-corrected chi connectivity index (χ2v) is 9.52. The number of carbonyl (C=O) groups excluding carboxylic acids is 2. The Kier molecular flexibility index (Phi) is 5.25. The summed E-state index contributed by atoms with van der Waals surface area (Å²) >= 11 is 2.68. The molecular formula is C23H18N2O4S2. The van der Waals surface area contributed by atoms with Gasteiger partial charge < -0.3 is 9.15 Å². The van der Waals surface area contributed by atoms with E-state index in [0.29, 0.717) is 18.9 Å². The summed E-state index contributed by atoms with van der Waals surface area (Å²) in [6, 6.07) is 17.7. The minimum absolute atomic E-state index is 0.214. The SMILES string of the molecule is Cc1oc(-c2ccccc2)nc1COc1ccc2sc(CC3SC(=O)NC3=O)cc2c1. The molecule has 5 rings (SSSR count). The maximum Gasteiger partial charge on any atom is 0.286 e. The lowest BCUT2D eigenvalue weighted by Gasteiger charge is -2.04. The van der Waals surface area contributed by atoms with Gasteiger partial charge in [-0.1, -0.05) is 30.0 Å². The predicted octanol–water partition coefficient (Wildman–Crippen LogP) is 5.34. The largest absolute Gasteiger partial charge is 0.487 e. The molecule has 2 aromatic heterocycles. The van der Waals surface area contributed by atoms with E-state index in [-0.39, 0.29) is 16.4 Å². The summed E-state index contributed by atoms with van der Waals surface area (Å²) in [5.74, 6) is 1.85. The Balaban J connectivity index is 1.29. The van der Waals surface area contributed by atoms with Gasteiger partial charge in [0.25, 0.3) is 5.24 Å². The number of amides is 2. The fraction of sp³-hybridized carbons (Fsp3) is 0.174. The summed E-state index contributed by atoms with van der Waals surface area (Å²) in [6.45, 7) is 2.19. The molecule has 156 valence electrons. The van der Waals surface area contributed by atoms with Crippen molar-refractivity contribution in [2.75, 3.05) is 0 Å². The number of thioether (sulfide) groups is 1. The van der Waals surface area contributed by atoms with E-state index in [9.17, 15) is 9.59 Å². The van der Waals surface area contributed by atoms with Crippen LogP contribution in [0.2, 0.25) is 0 Å². The Labute approximate surface area is 186 Å². The van der Waals surface area contributed by atoms with E-state index in [1.165, 1.54) is 0 Å². The third-order valence-electron chi connectivity index (χ3n) is 4.98. The number of fused-ring (bicyclic) bond motifs is 1. The highest BCUT2D eigenvalue weighted by Crippen LogP contribution is 2.33. The number of imide groups is 1. The van der Waals surface area contributed by atoms with Crippen LogP contribution in [-0.2, 0) is 17.8 Å². The predicted molar refractivity (Wildman–Crippen MR) is 121 cm³/mol. The maximum atomic E-state index is 11.8. The van der Waals surface area contributed by atoms with Gasteiger partial charge in [0.1, 0.15) is 23.8 Å². The molecule has 2 aromatic carbocycles. The van der Waals surface area contributed by atoms with Gasteiger partial charge in [-0.2, -0.15) is 0 Å². The Bertz CT molecular complexity index is 1280. The van der Waals surface area contributed by atoms with Crippen molar-refractivity contribution >= 4 is 44.3 Å². The molecule has 4 aromatic rings. The van der Waals surface area contributed by atoms with Crippen LogP contribution >= 0.6 is 23.1 Å². The second kappa shape index (κ2) is 8.20. The molecule has 1 N–H and O–H groups in total. The van der Waals surface area contributed by atoms with Crippen LogP contribution < -0.4 is 10.1 Å². The van der Waals surface area contributed by atoms with E-state index in [1.54, 1.807) is 11.3 Å². The standard InChI is InChI=1S/C23H18N2O4S2/c1-13-18(24-22(29-13)14-5-3-2-4-6-14)12-28-16-7-8-19-15(9-16)10-17(30-19)11-20-21(26)25-23(27)31-20/h2-10,20H,11-12H2,1H3,(H,25,26,27). The number of aromatic nitrogens is 1. The average molecular weight is 451 g/mol. The van der Waals surface area contributed by atoms with E-state index >= 15 is 0 Å². The Morgan fingerprint density at radius 1 is 1.13 bits per heavy atom. The molecule has 31 heavy (non-hydrogen) atoms. The number of benzene rings is 2. The highest BCUT2D eigenvalue weighted by atomic mass is 32.2. The van der Waals surface area contributed by atoms with E-state index in [1.807, 2.05) is 55.5 Å². The number of nitrogens with one attached hydrogen (secondary N) is 1. The fourth-order valence-electron chi connectivity index (χ4n) is 3.40. The number of carbonyl (C=O) groups is 2. The van der Waals surface area contributed by atoms with Crippen molar-refractivity contribution in [2.24, 2.45) is 0 Å². The van der Waals surface area contributed by atoms with Gasteiger partial charge in [0.15, 0.2) is 0 Å². The second-order valence-electron chi connectivity index (χ2n) is 7.18. The third kappa shape index (κ3) is 4.22. The summed E-state index contributed by atoms with van der Waals surface area (Å²) in [5.41, 5.74) is 1.69. The van der Waals surface area contributed by atoms with Gasteiger partial charge in [0, 0.05) is 21.6 Å². The molecule has 1 fully saturated rings. The molecule has 6 nitrogen and oxygen atoms in total. The fourth-order valence-corrected chi connectivity index (χ4v) is 5.44. The van der Waals surface area contributed by atoms with Crippen LogP contribution in [0.15, 0.2) is 59.0 Å². The van der Waals surface area contributed by atoms with Gasteiger partial charge in [-0.05, 0) is 48.7 Å². The first-order chi connectivity index (χ1) is 15.0. The van der Waals surface area contributed by atoms with Gasteiger partial charge >= 0.3 is 0 Å². The summed E-state index contributed by atoms with van der Waals surface area (Å²) in [6.07, 6.45) is 0.540. The lowest BCUT2D eigenvalue weighted by molar-refractivity contribution is -0.118. The third-order valence-corrected chi connectivity index (χ3v) is 7.10. The quantitative estimate of drug-likeness (QED) is 0.427. The van der Waals surface area contributed by atoms with Gasteiger partial charge in [-0.3, -0.25) is 14.9 Å². The summed E-state index contributed by atoms with van der Waals surface area (Å²) in [4.78, 5) is 28.8. The first kappa shape index (κ1) is 19.8. The molecule has 1 atom stereocenters. The number of oxazole rings is 1. The lowest BCUT2D eigenvalue weighted by atomic mass is 10.2. The highest BCUT2D eigenvalue weighted by molar-refractivity contribution is 8.15. The molecule has 1 aliphatic rings. The topological polar surface area (TPSA) is 81.4 Å². The van der Waals surface area contributed by atoms with Crippen LogP contribution in [0.1, 0.15) is 16.3 Å². The Hall–Kier alpha value is -3.10. The number of hydrogen-bond acceptors (Lipinski definition) is 7. The molecule has 1 aliphatic heterocycles. The van der Waals surface area contributed by atoms with Crippen LogP contribution in [0.4, 0.5) is 4.79 Å². The molecule has 1 saturated heterocycles. The van der Waals surface area contributed by atoms with Crippen molar-refractivity contribution in [3.8, 4) is 17.2 Å². The summed E-state index contributed by atoms with van der Waals surface area (Å²) in [7, 11) is 0. The molecule has 0 bridgehead atoms. The molecule has 2 amide bonds. The zero-order valence-corrected chi connectivity index (χ0v) is 18.2. The molecule has 0 aliphatic carbocycles. The van der Waals surface area contributed by atoms with Gasteiger partial charge in [-0.15, -0.1) is 11.3 Å². The molecule has 0 spiro atoms. The molecular weight excluding hydrogens is 432 g/mol. The minimum atomic E-state index is -0.356. The minimum Gasteiger partial charge on any atom is -0.487 e. The maximum absolute atomic E-state index is 11.8. The zero-order valence-electron chi connectivity index (χ0n) is 16.6. The van der Waals surface area contributed by atoms with Crippen molar-refractivity contribution in [3.63, 3.8) is 0 Å². The number of rotatable bonds is 6. The Morgan fingerprint density at radius 3 is 2.74 bits per heavy atom. The van der Waals surface area contributed by atoms with Crippen LogP contribution in [0, 0.1) is 6.92 Å². The Morgan fingerprint density at radius 2 is 1.97 bits per heavy atom. The molecule has 0 radical (unpaired) electrons. The number of nitrogens with zero attached hydrogens (tertiary/aromatic N) is 1. The van der Waals surface area contributed by atoms with Crippen molar-refractivity contribution in [1.82, 2.24) is 10.3 Å². The number of thiophene rings is 1. The molecule has 0 saturated carbocycles. The monoisotopic (exact) mass is 450 g/mol. The highest BCUT2D eigenvalue weighted by Gasteiger charge is 2.31. The van der Waals surface area contributed by atoms with Gasteiger partial charge in [0.05, 0.1) is 5.25 Å². The van der Waals surface area contributed by atoms with Crippen LogP contribution in [0.5, 0.6) is 5.75 Å². The molecule has 8 heteroatoms. The summed E-state index contributed by atoms with van der Waals surface area (Å²) < 4.78 is 12.9. The first-order valence-electron chi connectivity index (χ1n) is 9.73. The van der Waals surface area contributed by atoms with E-state index in [4.69, 9.17) is 9.15 Å². The van der Waals surface area contributed by atoms with Crippen LogP contribution in [0.3, 0.4) is 0 Å². The molecule has 1 unspecified atom stereocenters. The first-order valence-corrected chi connectivity index (χ1v) is 11.4. The van der Waals surface area contributed by atoms with Crippen molar-refractivity contribution in [2.45, 2.75) is 25.2 Å². The van der Waals surface area contributed by atoms with E-state index < -0.39 is 0 Å². The zero-order chi connectivity index (χ0) is 21.4. The lowest BCUT2D eigenvalue weighted by Crippen LogP contribution is -2.25. The van der Waals surface area contributed by atoms with E-state index in [2.05, 4.69) is 16.4 Å². The van der Waals surface area contributed by atoms with Crippen LogP contribution in [-0.4, -0.2) is 21.4 Å². The van der Waals surface area contributed by atoms with Crippen molar-refractivity contribution in [3.05, 3.63) is 70.9 Å². The van der Waals surface area contributed by atoms with Crippen LogP contribution in [0.25, 0.3) is 21.5 Å². The average Bonchev–Trinajstić information content (AvgIpc) is 3.43. The normalized spacial score (nSPS) is 16.1. The van der Waals surface area contributed by atoms with E-state index in [0.717, 1.165) is 49.5 Å². The van der Waals surface area contributed by atoms with Gasteiger partial charge in [-0.25, -0.2) is 4.98 Å². The number of hydrogen-bond donors (Lipinski definition) is 1. The number of aryl methyl sites for hydroxylation is 1. The summed E-state index contributed by atoms with van der Waals surface area (Å²) in [5, 5.41) is 2.76. The van der Waals surface area contributed by atoms with Gasteiger partial charge in [0.2, 0.25) is 11.8 Å². The number of ether oxygens (including phenoxy) is 1.